The first-order valence-corrected chi connectivity index (χ1v) is 5.93. The third-order valence-corrected chi connectivity index (χ3v) is 2.68. The van der Waals surface area contributed by atoms with Crippen LogP contribution in [0.4, 0.5) is 0 Å². The summed E-state index contributed by atoms with van der Waals surface area (Å²) in [7, 11) is 1.58. The Morgan fingerprint density at radius 1 is 1.39 bits per heavy atom. The summed E-state index contributed by atoms with van der Waals surface area (Å²) in [5.41, 5.74) is 2.17. The van der Waals surface area contributed by atoms with Gasteiger partial charge in [-0.1, -0.05) is 0 Å². The van der Waals surface area contributed by atoms with Crippen LogP contribution in [0, 0.1) is 13.8 Å². The number of ether oxygens (including phenoxy) is 1. The molecule has 5 heteroatoms. The molecule has 0 unspecified atom stereocenters. The summed E-state index contributed by atoms with van der Waals surface area (Å²) in [6, 6.07) is 3.59. The molecule has 0 aliphatic heterocycles. The minimum Gasteiger partial charge on any atom is -0.395 e. The van der Waals surface area contributed by atoms with Crippen LogP contribution in [0.2, 0.25) is 0 Å². The molecule has 1 aromatic rings. The predicted molar refractivity (Wildman–Crippen MR) is 68.6 cm³/mol. The summed E-state index contributed by atoms with van der Waals surface area (Å²) in [5.74, 6) is -0.119. The van der Waals surface area contributed by atoms with E-state index in [-0.39, 0.29) is 12.5 Å². The van der Waals surface area contributed by atoms with Crippen LogP contribution in [0.3, 0.4) is 0 Å². The molecule has 5 nitrogen and oxygen atoms in total. The quantitative estimate of drug-likeness (QED) is 0.812. The average Bonchev–Trinajstić information content (AvgIpc) is 2.33. The van der Waals surface area contributed by atoms with Gasteiger partial charge < -0.3 is 14.7 Å². The standard InChI is InChI=1S/C13H20N2O3/c1-10-4-5-12(11(2)14-10)13(17)15(6-8-16)7-9-18-3/h4-5,16H,6-9H2,1-3H3. The van der Waals surface area contributed by atoms with E-state index >= 15 is 0 Å². The minimum atomic E-state index is -0.119. The third kappa shape index (κ3) is 3.78. The van der Waals surface area contributed by atoms with Gasteiger partial charge in [-0.25, -0.2) is 0 Å². The number of pyridine rings is 1. The Morgan fingerprint density at radius 3 is 2.67 bits per heavy atom. The third-order valence-electron chi connectivity index (χ3n) is 2.68. The number of carbonyl (C=O) groups is 1. The smallest absolute Gasteiger partial charge is 0.255 e. The van der Waals surface area contributed by atoms with Crippen molar-refractivity contribution in [3.63, 3.8) is 0 Å². The molecule has 0 saturated heterocycles. The molecule has 0 atom stereocenters. The first kappa shape index (κ1) is 14.6. The van der Waals surface area contributed by atoms with Crippen molar-refractivity contribution in [2.24, 2.45) is 0 Å². The van der Waals surface area contributed by atoms with E-state index in [9.17, 15) is 4.79 Å². The summed E-state index contributed by atoms with van der Waals surface area (Å²) in [6.07, 6.45) is 0. The van der Waals surface area contributed by atoms with E-state index < -0.39 is 0 Å². The summed E-state index contributed by atoms with van der Waals surface area (Å²) in [6.45, 7) is 4.85. The first-order chi connectivity index (χ1) is 8.60. The van der Waals surface area contributed by atoms with Crippen LogP contribution in [0.1, 0.15) is 21.7 Å². The molecule has 0 aliphatic rings. The highest BCUT2D eigenvalue weighted by Crippen LogP contribution is 2.10. The maximum absolute atomic E-state index is 12.3. The molecule has 1 aromatic heterocycles. The zero-order valence-electron chi connectivity index (χ0n) is 11.1. The summed E-state index contributed by atoms with van der Waals surface area (Å²) in [5, 5.41) is 8.99. The normalized spacial score (nSPS) is 10.4. The maximum Gasteiger partial charge on any atom is 0.255 e. The lowest BCUT2D eigenvalue weighted by atomic mass is 10.1. The van der Waals surface area contributed by atoms with Crippen molar-refractivity contribution in [2.75, 3.05) is 33.4 Å². The zero-order chi connectivity index (χ0) is 13.5. The van der Waals surface area contributed by atoms with E-state index in [1.165, 1.54) is 0 Å². The number of aromatic nitrogens is 1. The van der Waals surface area contributed by atoms with Gasteiger partial charge in [-0.05, 0) is 26.0 Å². The molecule has 18 heavy (non-hydrogen) atoms. The number of aliphatic hydroxyl groups is 1. The molecule has 100 valence electrons. The van der Waals surface area contributed by atoms with Crippen molar-refractivity contribution in [3.05, 3.63) is 29.1 Å². The lowest BCUT2D eigenvalue weighted by Crippen LogP contribution is -2.36. The molecule has 0 saturated carbocycles. The van der Waals surface area contributed by atoms with Crippen LogP contribution in [0.15, 0.2) is 12.1 Å². The van der Waals surface area contributed by atoms with Gasteiger partial charge in [-0.2, -0.15) is 0 Å². The van der Waals surface area contributed by atoms with Crippen molar-refractivity contribution in [3.8, 4) is 0 Å². The molecule has 1 rings (SSSR count). The topological polar surface area (TPSA) is 62.7 Å². The Bertz CT molecular complexity index is 407. The van der Waals surface area contributed by atoms with E-state index in [2.05, 4.69) is 4.98 Å². The van der Waals surface area contributed by atoms with Gasteiger partial charge in [-0.15, -0.1) is 0 Å². The number of hydrogen-bond donors (Lipinski definition) is 1. The number of nitrogens with zero attached hydrogens (tertiary/aromatic N) is 2. The van der Waals surface area contributed by atoms with Crippen LogP contribution in [0.5, 0.6) is 0 Å². The molecule has 1 N–H and O–H groups in total. The molecule has 0 fully saturated rings. The summed E-state index contributed by atoms with van der Waals surface area (Å²) in [4.78, 5) is 18.1. The molecule has 1 amide bonds. The Labute approximate surface area is 107 Å². The Kier molecular flexibility index (Phi) is 5.74. The molecule has 0 bridgehead atoms. The van der Waals surface area contributed by atoms with Gasteiger partial charge in [0.05, 0.1) is 24.5 Å². The number of carbonyl (C=O) groups excluding carboxylic acids is 1. The highest BCUT2D eigenvalue weighted by molar-refractivity contribution is 5.95. The SMILES string of the molecule is COCCN(CCO)C(=O)c1ccc(C)nc1C. The van der Waals surface area contributed by atoms with Crippen molar-refractivity contribution in [1.82, 2.24) is 9.88 Å². The van der Waals surface area contributed by atoms with Gasteiger partial charge in [0.15, 0.2) is 0 Å². The number of rotatable bonds is 6. The number of aryl methyl sites for hydroxylation is 2. The van der Waals surface area contributed by atoms with Gasteiger partial charge >= 0.3 is 0 Å². The van der Waals surface area contributed by atoms with Crippen LogP contribution in [-0.2, 0) is 4.74 Å². The van der Waals surface area contributed by atoms with Gasteiger partial charge in [-0.3, -0.25) is 9.78 Å². The van der Waals surface area contributed by atoms with Gasteiger partial charge in [0, 0.05) is 25.9 Å². The Morgan fingerprint density at radius 2 is 2.11 bits per heavy atom. The molecule has 0 spiro atoms. The average molecular weight is 252 g/mol. The van der Waals surface area contributed by atoms with E-state index in [1.54, 1.807) is 18.1 Å². The molecule has 0 radical (unpaired) electrons. The van der Waals surface area contributed by atoms with E-state index in [1.807, 2.05) is 19.9 Å². The van der Waals surface area contributed by atoms with Crippen molar-refractivity contribution in [2.45, 2.75) is 13.8 Å². The van der Waals surface area contributed by atoms with Crippen molar-refractivity contribution < 1.29 is 14.6 Å². The number of methoxy groups -OCH3 is 1. The van der Waals surface area contributed by atoms with Gasteiger partial charge in [0.25, 0.3) is 5.91 Å². The van der Waals surface area contributed by atoms with Crippen molar-refractivity contribution >= 4 is 5.91 Å². The molecule has 0 aliphatic carbocycles. The number of amides is 1. The van der Waals surface area contributed by atoms with Gasteiger partial charge in [0.2, 0.25) is 0 Å². The molecule has 0 aromatic carbocycles. The Hall–Kier alpha value is -1.46. The van der Waals surface area contributed by atoms with Gasteiger partial charge in [0.1, 0.15) is 0 Å². The van der Waals surface area contributed by atoms with Crippen LogP contribution in [-0.4, -0.2) is 54.3 Å². The van der Waals surface area contributed by atoms with Crippen LogP contribution < -0.4 is 0 Å². The second-order valence-corrected chi connectivity index (χ2v) is 4.09. The maximum atomic E-state index is 12.3. The Balaban J connectivity index is 2.87. The fraction of sp³-hybridized carbons (Fsp3) is 0.538. The fourth-order valence-electron chi connectivity index (χ4n) is 1.72. The number of hydrogen-bond acceptors (Lipinski definition) is 4. The number of aliphatic hydroxyl groups excluding tert-OH is 1. The van der Waals surface area contributed by atoms with Crippen molar-refractivity contribution in [1.29, 1.82) is 0 Å². The van der Waals surface area contributed by atoms with E-state index in [0.717, 1.165) is 5.69 Å². The zero-order valence-corrected chi connectivity index (χ0v) is 11.1. The molecular weight excluding hydrogens is 232 g/mol. The van der Waals surface area contributed by atoms with Crippen LogP contribution >= 0.6 is 0 Å². The summed E-state index contributed by atoms with van der Waals surface area (Å²) < 4.78 is 4.96. The highest BCUT2D eigenvalue weighted by Gasteiger charge is 2.17. The van der Waals surface area contributed by atoms with E-state index in [4.69, 9.17) is 9.84 Å². The predicted octanol–water partition coefficient (Wildman–Crippen LogP) is 0.779. The molecular formula is C13H20N2O3. The highest BCUT2D eigenvalue weighted by atomic mass is 16.5. The second kappa shape index (κ2) is 7.08. The second-order valence-electron chi connectivity index (χ2n) is 4.09. The van der Waals surface area contributed by atoms with E-state index in [0.29, 0.717) is 31.0 Å². The lowest BCUT2D eigenvalue weighted by Gasteiger charge is -2.22. The fourth-order valence-corrected chi connectivity index (χ4v) is 1.72. The summed E-state index contributed by atoms with van der Waals surface area (Å²) >= 11 is 0. The minimum absolute atomic E-state index is 0.0617. The lowest BCUT2D eigenvalue weighted by molar-refractivity contribution is 0.0655. The molecule has 1 heterocycles. The van der Waals surface area contributed by atoms with Crippen LogP contribution in [0.25, 0.3) is 0 Å². The monoisotopic (exact) mass is 252 g/mol. The first-order valence-electron chi connectivity index (χ1n) is 5.93. The largest absolute Gasteiger partial charge is 0.395 e.